The molecule has 0 saturated carbocycles. The number of esters is 1. The average Bonchev–Trinajstić information content (AvgIpc) is 2.73. The summed E-state index contributed by atoms with van der Waals surface area (Å²) in [6, 6.07) is 23.5. The van der Waals surface area contributed by atoms with Crippen LogP contribution in [0.3, 0.4) is 0 Å². The van der Waals surface area contributed by atoms with Crippen LogP contribution in [-0.2, 0) is 21.4 Å². The highest BCUT2D eigenvalue weighted by atomic mass is 32.2. The first kappa shape index (κ1) is 18.8. The van der Waals surface area contributed by atoms with E-state index in [2.05, 4.69) is 4.72 Å². The molecule has 0 fully saturated rings. The lowest BCUT2D eigenvalue weighted by atomic mass is 10.0. The number of rotatable bonds is 6. The van der Waals surface area contributed by atoms with Crippen molar-refractivity contribution in [3.63, 3.8) is 0 Å². The molecule has 0 aliphatic rings. The van der Waals surface area contributed by atoms with Gasteiger partial charge in [0.25, 0.3) is 0 Å². The van der Waals surface area contributed by atoms with Crippen molar-refractivity contribution >= 4 is 16.0 Å². The molecule has 0 atom stereocenters. The minimum Gasteiger partial charge on any atom is -0.457 e. The van der Waals surface area contributed by atoms with Crippen LogP contribution in [0.4, 0.5) is 0 Å². The highest BCUT2D eigenvalue weighted by Crippen LogP contribution is 2.20. The molecule has 138 valence electrons. The van der Waals surface area contributed by atoms with Crippen LogP contribution in [0.25, 0.3) is 11.1 Å². The number of hydrogen-bond donors (Lipinski definition) is 1. The molecule has 0 spiro atoms. The summed E-state index contributed by atoms with van der Waals surface area (Å²) in [6.45, 7) is 0.108. The van der Waals surface area contributed by atoms with Gasteiger partial charge in [0.1, 0.15) is 6.61 Å². The third-order valence-corrected chi connectivity index (χ3v) is 5.49. The van der Waals surface area contributed by atoms with Crippen molar-refractivity contribution in [2.24, 2.45) is 0 Å². The van der Waals surface area contributed by atoms with E-state index in [-0.39, 0.29) is 17.1 Å². The van der Waals surface area contributed by atoms with Gasteiger partial charge in [-0.15, -0.1) is 0 Å². The van der Waals surface area contributed by atoms with E-state index in [0.29, 0.717) is 0 Å². The van der Waals surface area contributed by atoms with Gasteiger partial charge in [-0.1, -0.05) is 60.7 Å². The van der Waals surface area contributed by atoms with E-state index in [1.807, 2.05) is 54.6 Å². The Labute approximate surface area is 158 Å². The van der Waals surface area contributed by atoms with Crippen molar-refractivity contribution in [1.29, 1.82) is 0 Å². The highest BCUT2D eigenvalue weighted by molar-refractivity contribution is 7.89. The summed E-state index contributed by atoms with van der Waals surface area (Å²) in [6.07, 6.45) is 0. The van der Waals surface area contributed by atoms with Gasteiger partial charge in [0.15, 0.2) is 0 Å². The van der Waals surface area contributed by atoms with Gasteiger partial charge in [-0.25, -0.2) is 17.9 Å². The van der Waals surface area contributed by atoms with Gasteiger partial charge in [0.2, 0.25) is 10.0 Å². The predicted octanol–water partition coefficient (Wildman–Crippen LogP) is 3.62. The summed E-state index contributed by atoms with van der Waals surface area (Å²) < 4.78 is 31.2. The molecule has 5 nitrogen and oxygen atoms in total. The predicted molar refractivity (Wildman–Crippen MR) is 104 cm³/mol. The molecule has 3 aromatic rings. The maximum atomic E-state index is 12.2. The molecule has 0 amide bonds. The second-order valence-electron chi connectivity index (χ2n) is 5.87. The van der Waals surface area contributed by atoms with Gasteiger partial charge in [-0.2, -0.15) is 0 Å². The van der Waals surface area contributed by atoms with E-state index in [1.165, 1.54) is 31.3 Å². The molecular weight excluding hydrogens is 362 g/mol. The van der Waals surface area contributed by atoms with E-state index in [9.17, 15) is 13.2 Å². The molecule has 0 aliphatic heterocycles. The molecule has 0 saturated heterocycles. The smallest absolute Gasteiger partial charge is 0.338 e. The van der Waals surface area contributed by atoms with E-state index in [4.69, 9.17) is 4.74 Å². The summed E-state index contributed by atoms with van der Waals surface area (Å²) in [7, 11) is -2.29. The normalized spacial score (nSPS) is 11.1. The summed E-state index contributed by atoms with van der Waals surface area (Å²) in [5.74, 6) is -0.574. The van der Waals surface area contributed by atoms with Crippen molar-refractivity contribution in [2.75, 3.05) is 7.05 Å². The Morgan fingerprint density at radius 2 is 1.56 bits per heavy atom. The fourth-order valence-corrected chi connectivity index (χ4v) is 3.34. The fourth-order valence-electron chi connectivity index (χ4n) is 2.56. The van der Waals surface area contributed by atoms with E-state index >= 15 is 0 Å². The van der Waals surface area contributed by atoms with Gasteiger partial charge in [-0.05, 0) is 41.9 Å². The number of carbonyl (C=O) groups is 1. The summed E-state index contributed by atoms with van der Waals surface area (Å²) in [4.78, 5) is 12.3. The molecule has 0 heterocycles. The molecule has 3 rings (SSSR count). The van der Waals surface area contributed by atoms with Crippen molar-refractivity contribution in [3.8, 4) is 11.1 Å². The Balaban J connectivity index is 1.67. The van der Waals surface area contributed by atoms with Gasteiger partial charge in [-0.3, -0.25) is 0 Å². The topological polar surface area (TPSA) is 72.5 Å². The monoisotopic (exact) mass is 381 g/mol. The van der Waals surface area contributed by atoms with Crippen molar-refractivity contribution < 1.29 is 17.9 Å². The van der Waals surface area contributed by atoms with Crippen LogP contribution in [0.2, 0.25) is 0 Å². The maximum Gasteiger partial charge on any atom is 0.338 e. The SMILES string of the molecule is CNS(=O)(=O)c1cccc(C(=O)OCc2ccc(-c3ccccc3)cc2)c1. The zero-order chi connectivity index (χ0) is 19.3. The van der Waals surface area contributed by atoms with Gasteiger partial charge in [0.05, 0.1) is 10.5 Å². The lowest BCUT2D eigenvalue weighted by molar-refractivity contribution is 0.0472. The maximum absolute atomic E-state index is 12.2. The van der Waals surface area contributed by atoms with Crippen LogP contribution in [-0.4, -0.2) is 21.4 Å². The minimum absolute atomic E-state index is 0.0201. The summed E-state index contributed by atoms with van der Waals surface area (Å²) >= 11 is 0. The Bertz CT molecular complexity index is 1030. The summed E-state index contributed by atoms with van der Waals surface area (Å²) in [5, 5.41) is 0. The van der Waals surface area contributed by atoms with Crippen molar-refractivity contribution in [2.45, 2.75) is 11.5 Å². The molecule has 3 aromatic carbocycles. The lowest BCUT2D eigenvalue weighted by Crippen LogP contribution is -2.19. The van der Waals surface area contributed by atoms with Crippen LogP contribution in [0.15, 0.2) is 83.8 Å². The standard InChI is InChI=1S/C21H19NO4S/c1-22-27(24,25)20-9-5-8-19(14-20)21(23)26-15-16-10-12-18(13-11-16)17-6-3-2-4-7-17/h2-14,22H,15H2,1H3. The van der Waals surface area contributed by atoms with Crippen LogP contribution in [0.1, 0.15) is 15.9 Å². The molecule has 0 unspecified atom stereocenters. The molecule has 0 radical (unpaired) electrons. The number of nitrogens with one attached hydrogen (secondary N) is 1. The Morgan fingerprint density at radius 1 is 0.889 bits per heavy atom. The molecule has 0 aromatic heterocycles. The Kier molecular flexibility index (Phi) is 5.69. The second kappa shape index (κ2) is 8.16. The van der Waals surface area contributed by atoms with E-state index < -0.39 is 16.0 Å². The first-order chi connectivity index (χ1) is 13.0. The number of sulfonamides is 1. The van der Waals surface area contributed by atoms with Crippen molar-refractivity contribution in [1.82, 2.24) is 4.72 Å². The molecule has 0 aliphatic carbocycles. The minimum atomic E-state index is -3.61. The quantitative estimate of drug-likeness (QED) is 0.662. The van der Waals surface area contributed by atoms with Crippen molar-refractivity contribution in [3.05, 3.63) is 90.0 Å². The zero-order valence-electron chi connectivity index (χ0n) is 14.8. The molecule has 0 bridgehead atoms. The van der Waals surface area contributed by atoms with E-state index in [1.54, 1.807) is 0 Å². The second-order valence-corrected chi connectivity index (χ2v) is 7.76. The lowest BCUT2D eigenvalue weighted by Gasteiger charge is -2.08. The molecule has 27 heavy (non-hydrogen) atoms. The fraction of sp³-hybridized carbons (Fsp3) is 0.0952. The number of benzene rings is 3. The van der Waals surface area contributed by atoms with Crippen LogP contribution >= 0.6 is 0 Å². The zero-order valence-corrected chi connectivity index (χ0v) is 15.6. The first-order valence-corrected chi connectivity index (χ1v) is 9.83. The molecule has 1 N–H and O–H groups in total. The third kappa shape index (κ3) is 4.61. The Hall–Kier alpha value is -2.96. The van der Waals surface area contributed by atoms with Gasteiger partial charge < -0.3 is 4.74 Å². The van der Waals surface area contributed by atoms with E-state index in [0.717, 1.165) is 16.7 Å². The average molecular weight is 381 g/mol. The highest BCUT2D eigenvalue weighted by Gasteiger charge is 2.15. The first-order valence-electron chi connectivity index (χ1n) is 8.35. The summed E-state index contributed by atoms with van der Waals surface area (Å²) in [5.41, 5.74) is 3.23. The number of carbonyl (C=O) groups excluding carboxylic acids is 1. The van der Waals surface area contributed by atoms with Crippen LogP contribution in [0, 0.1) is 0 Å². The third-order valence-electron chi connectivity index (χ3n) is 4.08. The largest absolute Gasteiger partial charge is 0.457 e. The van der Waals surface area contributed by atoms with Crippen LogP contribution in [0.5, 0.6) is 0 Å². The van der Waals surface area contributed by atoms with Crippen LogP contribution < -0.4 is 4.72 Å². The Morgan fingerprint density at radius 3 is 2.22 bits per heavy atom. The molecular formula is C21H19NO4S. The number of ether oxygens (including phenoxy) is 1. The van der Waals surface area contributed by atoms with Gasteiger partial charge >= 0.3 is 5.97 Å². The number of hydrogen-bond acceptors (Lipinski definition) is 4. The molecule has 6 heteroatoms. The van der Waals surface area contributed by atoms with Gasteiger partial charge in [0, 0.05) is 0 Å².